The third-order valence-electron chi connectivity index (χ3n) is 1.54. The molecule has 0 atom stereocenters. The first kappa shape index (κ1) is 7.02. The summed E-state index contributed by atoms with van der Waals surface area (Å²) >= 11 is 2.19. The summed E-state index contributed by atoms with van der Waals surface area (Å²) in [6.45, 7) is 1.97. The normalized spacial score (nSPS) is 10.7. The van der Waals surface area contributed by atoms with Crippen LogP contribution in [0.4, 0.5) is 0 Å². The summed E-state index contributed by atoms with van der Waals surface area (Å²) in [5.74, 6) is 0. The van der Waals surface area contributed by atoms with Crippen molar-refractivity contribution in [2.45, 2.75) is 6.92 Å². The number of H-pyrrole nitrogens is 1. The monoisotopic (exact) mass is 259 g/mol. The second-order valence-electron chi connectivity index (χ2n) is 2.35. The summed E-state index contributed by atoms with van der Waals surface area (Å²) in [6.07, 6.45) is 0. The number of rotatable bonds is 0. The summed E-state index contributed by atoms with van der Waals surface area (Å²) in [5, 5.41) is 6.96. The molecule has 0 saturated carbocycles. The third kappa shape index (κ3) is 1.11. The number of halogens is 1. The number of nitrogens with zero attached hydrogens (tertiary/aromatic N) is 2. The van der Waals surface area contributed by atoms with E-state index >= 15 is 0 Å². The molecular formula is C7H6IN3. The number of fused-ring (bicyclic) bond motifs is 1. The Bertz CT molecular complexity index is 393. The first-order chi connectivity index (χ1) is 5.27. The first-order valence-electron chi connectivity index (χ1n) is 3.24. The highest BCUT2D eigenvalue weighted by molar-refractivity contribution is 14.1. The van der Waals surface area contributed by atoms with Gasteiger partial charge in [-0.3, -0.25) is 5.10 Å². The highest BCUT2D eigenvalue weighted by Crippen LogP contribution is 2.13. The van der Waals surface area contributed by atoms with Gasteiger partial charge in [0.1, 0.15) is 14.7 Å². The van der Waals surface area contributed by atoms with Crippen molar-refractivity contribution in [1.82, 2.24) is 15.2 Å². The average Bonchev–Trinajstić information content (AvgIpc) is 2.33. The molecule has 0 aliphatic heterocycles. The van der Waals surface area contributed by atoms with Crippen LogP contribution in [0, 0.1) is 10.6 Å². The van der Waals surface area contributed by atoms with Gasteiger partial charge in [0.25, 0.3) is 0 Å². The molecule has 1 N–H and O–H groups in total. The van der Waals surface area contributed by atoms with Gasteiger partial charge in [-0.05, 0) is 41.6 Å². The van der Waals surface area contributed by atoms with Gasteiger partial charge in [-0.2, -0.15) is 5.10 Å². The molecule has 2 aromatic rings. The molecular weight excluding hydrogens is 253 g/mol. The maximum absolute atomic E-state index is 4.33. The predicted molar refractivity (Wildman–Crippen MR) is 51.3 cm³/mol. The van der Waals surface area contributed by atoms with Gasteiger partial charge in [0.2, 0.25) is 0 Å². The third-order valence-corrected chi connectivity index (χ3v) is 2.14. The molecule has 4 heteroatoms. The van der Waals surface area contributed by atoms with Gasteiger partial charge < -0.3 is 0 Å². The Balaban J connectivity index is 2.87. The highest BCUT2D eigenvalue weighted by Gasteiger charge is 2.01. The zero-order valence-electron chi connectivity index (χ0n) is 5.93. The van der Waals surface area contributed by atoms with Gasteiger partial charge >= 0.3 is 0 Å². The fourth-order valence-electron chi connectivity index (χ4n) is 0.991. The van der Waals surface area contributed by atoms with E-state index in [-0.39, 0.29) is 0 Å². The van der Waals surface area contributed by atoms with Crippen LogP contribution in [0.3, 0.4) is 0 Å². The minimum absolute atomic E-state index is 0.933. The van der Waals surface area contributed by atoms with Crippen molar-refractivity contribution in [1.29, 1.82) is 0 Å². The van der Waals surface area contributed by atoms with Gasteiger partial charge in [-0.15, -0.1) is 0 Å². The van der Waals surface area contributed by atoms with E-state index in [4.69, 9.17) is 0 Å². The van der Waals surface area contributed by atoms with Crippen LogP contribution in [-0.2, 0) is 0 Å². The molecule has 0 aliphatic rings. The molecule has 0 aromatic carbocycles. The summed E-state index contributed by atoms with van der Waals surface area (Å²) in [5.41, 5.74) is 2.93. The lowest BCUT2D eigenvalue weighted by molar-refractivity contribution is 1.07. The zero-order valence-corrected chi connectivity index (χ0v) is 8.08. The smallest absolute Gasteiger partial charge is 0.112 e. The van der Waals surface area contributed by atoms with Crippen molar-refractivity contribution < 1.29 is 0 Å². The van der Waals surface area contributed by atoms with Crippen molar-refractivity contribution in [3.63, 3.8) is 0 Å². The fourth-order valence-corrected chi connectivity index (χ4v) is 1.41. The minimum atomic E-state index is 0.933. The second kappa shape index (κ2) is 2.44. The summed E-state index contributed by atoms with van der Waals surface area (Å²) in [4.78, 5) is 4.33. The largest absolute Gasteiger partial charge is 0.280 e. The minimum Gasteiger partial charge on any atom is -0.280 e. The van der Waals surface area contributed by atoms with Gasteiger partial charge in [-0.1, -0.05) is 0 Å². The van der Waals surface area contributed by atoms with Gasteiger partial charge in [0.15, 0.2) is 0 Å². The quantitative estimate of drug-likeness (QED) is 0.579. The number of aryl methyl sites for hydroxylation is 1. The van der Waals surface area contributed by atoms with Crippen LogP contribution >= 0.6 is 22.6 Å². The molecule has 0 spiro atoms. The Morgan fingerprint density at radius 2 is 2.27 bits per heavy atom. The van der Waals surface area contributed by atoms with E-state index in [1.807, 2.05) is 19.1 Å². The molecule has 0 amide bonds. The van der Waals surface area contributed by atoms with Crippen LogP contribution < -0.4 is 0 Å². The van der Waals surface area contributed by atoms with Gasteiger partial charge in [0, 0.05) is 0 Å². The number of hydrogen-bond acceptors (Lipinski definition) is 2. The standard InChI is InChI=1S/C7H6IN3/c1-4-7-5(11-10-4)2-3-6(8)9-7/h2-3H,1H3,(H,10,11). The van der Waals surface area contributed by atoms with Crippen LogP contribution in [0.15, 0.2) is 12.1 Å². The Morgan fingerprint density at radius 1 is 1.45 bits per heavy atom. The SMILES string of the molecule is Cc1[nH]nc2ccc(I)nc12. The van der Waals surface area contributed by atoms with Crippen LogP contribution in [-0.4, -0.2) is 15.2 Å². The maximum Gasteiger partial charge on any atom is 0.112 e. The van der Waals surface area contributed by atoms with Crippen molar-refractivity contribution >= 4 is 33.6 Å². The lowest BCUT2D eigenvalue weighted by Crippen LogP contribution is -1.80. The molecule has 0 aliphatic carbocycles. The molecule has 0 fully saturated rings. The van der Waals surface area contributed by atoms with Gasteiger partial charge in [0.05, 0.1) is 5.69 Å². The van der Waals surface area contributed by atoms with E-state index in [0.29, 0.717) is 0 Å². The molecule has 11 heavy (non-hydrogen) atoms. The molecule has 0 bridgehead atoms. The summed E-state index contributed by atoms with van der Waals surface area (Å²) < 4.78 is 1.000. The van der Waals surface area contributed by atoms with E-state index in [9.17, 15) is 0 Å². The Kier molecular flexibility index (Phi) is 1.56. The van der Waals surface area contributed by atoms with Gasteiger partial charge in [-0.25, -0.2) is 4.98 Å². The fraction of sp³-hybridized carbons (Fsp3) is 0.143. The van der Waals surface area contributed by atoms with Crippen molar-refractivity contribution in [2.75, 3.05) is 0 Å². The molecule has 0 unspecified atom stereocenters. The highest BCUT2D eigenvalue weighted by atomic mass is 127. The molecule has 3 nitrogen and oxygen atoms in total. The lowest BCUT2D eigenvalue weighted by Gasteiger charge is -1.88. The van der Waals surface area contributed by atoms with E-state index in [1.54, 1.807) is 0 Å². The van der Waals surface area contributed by atoms with Crippen molar-refractivity contribution in [2.24, 2.45) is 0 Å². The lowest BCUT2D eigenvalue weighted by atomic mass is 10.3. The number of hydrogen-bond donors (Lipinski definition) is 1. The van der Waals surface area contributed by atoms with Crippen LogP contribution in [0.2, 0.25) is 0 Å². The van der Waals surface area contributed by atoms with E-state index < -0.39 is 0 Å². The number of aromatic amines is 1. The topological polar surface area (TPSA) is 41.6 Å². The predicted octanol–water partition coefficient (Wildman–Crippen LogP) is 1.87. The maximum atomic E-state index is 4.33. The molecule has 56 valence electrons. The van der Waals surface area contributed by atoms with Crippen LogP contribution in [0.25, 0.3) is 11.0 Å². The molecule has 2 heterocycles. The first-order valence-corrected chi connectivity index (χ1v) is 4.32. The summed E-state index contributed by atoms with van der Waals surface area (Å²) in [6, 6.07) is 3.91. The van der Waals surface area contributed by atoms with E-state index in [1.165, 1.54) is 0 Å². The van der Waals surface area contributed by atoms with E-state index in [0.717, 1.165) is 20.4 Å². The summed E-state index contributed by atoms with van der Waals surface area (Å²) in [7, 11) is 0. The van der Waals surface area contributed by atoms with Crippen LogP contribution in [0.5, 0.6) is 0 Å². The Labute approximate surface area is 77.4 Å². The number of nitrogens with one attached hydrogen (secondary N) is 1. The number of pyridine rings is 1. The van der Waals surface area contributed by atoms with Crippen molar-refractivity contribution in [3.05, 3.63) is 21.5 Å². The second-order valence-corrected chi connectivity index (χ2v) is 3.46. The molecule has 2 aromatic heterocycles. The van der Waals surface area contributed by atoms with E-state index in [2.05, 4.69) is 37.8 Å². The van der Waals surface area contributed by atoms with Crippen LogP contribution in [0.1, 0.15) is 5.69 Å². The Morgan fingerprint density at radius 3 is 3.09 bits per heavy atom. The van der Waals surface area contributed by atoms with Crippen molar-refractivity contribution in [3.8, 4) is 0 Å². The molecule has 0 saturated heterocycles. The average molecular weight is 259 g/mol. The zero-order chi connectivity index (χ0) is 7.84. The Hall–Kier alpha value is -0.650. The number of aromatic nitrogens is 3. The molecule has 0 radical (unpaired) electrons. The molecule has 2 rings (SSSR count).